The Bertz CT molecular complexity index is 987. The molecule has 0 aliphatic heterocycles. The Balaban J connectivity index is 1.46. The molecule has 29 heavy (non-hydrogen) atoms. The van der Waals surface area contributed by atoms with Crippen LogP contribution in [0.2, 0.25) is 5.02 Å². The zero-order valence-electron chi connectivity index (χ0n) is 16.0. The maximum Gasteiger partial charge on any atom is 0.277 e. The molecule has 0 bridgehead atoms. The Morgan fingerprint density at radius 1 is 1.00 bits per heavy atom. The third-order valence-corrected chi connectivity index (χ3v) is 4.19. The lowest BCUT2D eigenvalue weighted by Gasteiger charge is -2.07. The number of aryl methyl sites for hydroxylation is 1. The summed E-state index contributed by atoms with van der Waals surface area (Å²) < 4.78 is 11.2. The molecule has 0 aliphatic carbocycles. The predicted molar refractivity (Wildman–Crippen MR) is 115 cm³/mol. The van der Waals surface area contributed by atoms with Gasteiger partial charge in [-0.1, -0.05) is 48.0 Å². The minimum Gasteiger partial charge on any atom is -0.489 e. The molecule has 6 heteroatoms. The lowest BCUT2D eigenvalue weighted by Crippen LogP contribution is -2.24. The number of amides is 1. The Hall–Kier alpha value is -3.31. The van der Waals surface area contributed by atoms with Gasteiger partial charge in [0.15, 0.2) is 6.61 Å². The molecule has 0 atom stereocenters. The summed E-state index contributed by atoms with van der Waals surface area (Å²) in [7, 11) is 0. The van der Waals surface area contributed by atoms with Crippen molar-refractivity contribution in [2.24, 2.45) is 5.10 Å². The van der Waals surface area contributed by atoms with Crippen LogP contribution in [-0.4, -0.2) is 18.7 Å². The van der Waals surface area contributed by atoms with Gasteiger partial charge in [-0.15, -0.1) is 0 Å². The maximum absolute atomic E-state index is 11.9. The molecule has 0 fully saturated rings. The molecule has 3 aromatic carbocycles. The molecule has 0 radical (unpaired) electrons. The molecule has 0 unspecified atom stereocenters. The SMILES string of the molecule is Cc1cccc(OCC(=O)N/N=C/c2cccc(OCc3ccc(Cl)cc3)c2)c1. The van der Waals surface area contributed by atoms with E-state index >= 15 is 0 Å². The molecule has 1 N–H and O–H groups in total. The monoisotopic (exact) mass is 408 g/mol. The van der Waals surface area contributed by atoms with Crippen LogP contribution >= 0.6 is 11.6 Å². The van der Waals surface area contributed by atoms with Crippen LogP contribution in [-0.2, 0) is 11.4 Å². The lowest BCUT2D eigenvalue weighted by atomic mass is 10.2. The van der Waals surface area contributed by atoms with Crippen LogP contribution in [0.25, 0.3) is 0 Å². The summed E-state index contributed by atoms with van der Waals surface area (Å²) in [6, 6.07) is 22.4. The number of benzene rings is 3. The second-order valence-electron chi connectivity index (χ2n) is 6.39. The highest BCUT2D eigenvalue weighted by Crippen LogP contribution is 2.16. The molecule has 3 aromatic rings. The molecule has 3 rings (SSSR count). The average Bonchev–Trinajstić information content (AvgIpc) is 2.72. The smallest absolute Gasteiger partial charge is 0.277 e. The number of hydrogen-bond acceptors (Lipinski definition) is 4. The molecule has 0 aliphatic rings. The standard InChI is InChI=1S/C23H21ClN2O3/c1-17-4-2-6-21(12-17)29-16-23(27)26-25-14-19-5-3-7-22(13-19)28-15-18-8-10-20(24)11-9-18/h2-14H,15-16H2,1H3,(H,26,27)/b25-14+. The second-order valence-corrected chi connectivity index (χ2v) is 6.82. The first-order valence-corrected chi connectivity index (χ1v) is 9.45. The van der Waals surface area contributed by atoms with E-state index in [-0.39, 0.29) is 12.5 Å². The summed E-state index contributed by atoms with van der Waals surface area (Å²) in [5.41, 5.74) is 5.35. The topological polar surface area (TPSA) is 59.9 Å². The number of hydrogen-bond donors (Lipinski definition) is 1. The average molecular weight is 409 g/mol. The van der Waals surface area contributed by atoms with E-state index in [9.17, 15) is 4.79 Å². The van der Waals surface area contributed by atoms with Gasteiger partial charge in [-0.05, 0) is 60.0 Å². The van der Waals surface area contributed by atoms with Crippen molar-refractivity contribution in [2.45, 2.75) is 13.5 Å². The number of rotatable bonds is 8. The molecule has 1 amide bonds. The van der Waals surface area contributed by atoms with Crippen LogP contribution in [0.1, 0.15) is 16.7 Å². The predicted octanol–water partition coefficient (Wildman–Crippen LogP) is 4.76. The van der Waals surface area contributed by atoms with Crippen LogP contribution in [0.3, 0.4) is 0 Å². The van der Waals surface area contributed by atoms with Gasteiger partial charge in [0.05, 0.1) is 6.21 Å². The van der Waals surface area contributed by atoms with Gasteiger partial charge in [0.2, 0.25) is 0 Å². The van der Waals surface area contributed by atoms with Crippen molar-refractivity contribution in [3.63, 3.8) is 0 Å². The van der Waals surface area contributed by atoms with E-state index in [0.29, 0.717) is 23.1 Å². The number of carbonyl (C=O) groups is 1. The molecule has 0 aromatic heterocycles. The molecule has 0 saturated heterocycles. The van der Waals surface area contributed by atoms with Gasteiger partial charge >= 0.3 is 0 Å². The highest BCUT2D eigenvalue weighted by Gasteiger charge is 2.02. The fourth-order valence-electron chi connectivity index (χ4n) is 2.50. The zero-order valence-corrected chi connectivity index (χ0v) is 16.7. The van der Waals surface area contributed by atoms with Crippen LogP contribution < -0.4 is 14.9 Å². The highest BCUT2D eigenvalue weighted by molar-refractivity contribution is 6.30. The zero-order chi connectivity index (χ0) is 20.5. The van der Waals surface area contributed by atoms with Crippen molar-refractivity contribution < 1.29 is 14.3 Å². The van der Waals surface area contributed by atoms with E-state index in [4.69, 9.17) is 21.1 Å². The summed E-state index contributed by atoms with van der Waals surface area (Å²) in [4.78, 5) is 11.9. The van der Waals surface area contributed by atoms with Crippen molar-refractivity contribution >= 4 is 23.7 Å². The van der Waals surface area contributed by atoms with Gasteiger partial charge in [0.1, 0.15) is 18.1 Å². The third-order valence-electron chi connectivity index (χ3n) is 3.94. The summed E-state index contributed by atoms with van der Waals surface area (Å²) in [5, 5.41) is 4.66. The molecular formula is C23H21ClN2O3. The number of ether oxygens (including phenoxy) is 2. The van der Waals surface area contributed by atoms with Crippen LogP contribution in [0.5, 0.6) is 11.5 Å². The van der Waals surface area contributed by atoms with Crippen molar-refractivity contribution in [1.29, 1.82) is 0 Å². The number of halogens is 1. The largest absolute Gasteiger partial charge is 0.489 e. The maximum atomic E-state index is 11.9. The highest BCUT2D eigenvalue weighted by atomic mass is 35.5. The number of hydrazone groups is 1. The van der Waals surface area contributed by atoms with Gasteiger partial charge in [0.25, 0.3) is 5.91 Å². The Kier molecular flexibility index (Phi) is 7.25. The summed E-state index contributed by atoms with van der Waals surface area (Å²) in [5.74, 6) is 1.02. The second kappa shape index (κ2) is 10.3. The summed E-state index contributed by atoms with van der Waals surface area (Å²) in [6.45, 7) is 2.29. The van der Waals surface area contributed by atoms with Crippen LogP contribution in [0.4, 0.5) is 0 Å². The number of nitrogens with zero attached hydrogens (tertiary/aromatic N) is 1. The van der Waals surface area contributed by atoms with E-state index in [2.05, 4.69) is 10.5 Å². The quantitative estimate of drug-likeness (QED) is 0.432. The van der Waals surface area contributed by atoms with E-state index in [0.717, 1.165) is 16.7 Å². The van der Waals surface area contributed by atoms with Crippen molar-refractivity contribution in [3.05, 3.63) is 94.5 Å². The molecule has 148 valence electrons. The Morgan fingerprint density at radius 3 is 2.48 bits per heavy atom. The minimum atomic E-state index is -0.335. The van der Waals surface area contributed by atoms with E-state index in [1.807, 2.05) is 73.7 Å². The summed E-state index contributed by atoms with van der Waals surface area (Å²) in [6.07, 6.45) is 1.56. The van der Waals surface area contributed by atoms with Gasteiger partial charge in [-0.2, -0.15) is 5.10 Å². The molecule has 0 heterocycles. The first-order valence-electron chi connectivity index (χ1n) is 9.07. The molecular weight excluding hydrogens is 388 g/mol. The van der Waals surface area contributed by atoms with E-state index in [1.165, 1.54) is 0 Å². The van der Waals surface area contributed by atoms with Gasteiger partial charge in [0, 0.05) is 5.02 Å². The fraction of sp³-hybridized carbons (Fsp3) is 0.130. The first-order chi connectivity index (χ1) is 14.1. The van der Waals surface area contributed by atoms with Crippen LogP contribution in [0.15, 0.2) is 77.9 Å². The van der Waals surface area contributed by atoms with Crippen molar-refractivity contribution in [2.75, 3.05) is 6.61 Å². The Morgan fingerprint density at radius 2 is 1.72 bits per heavy atom. The van der Waals surface area contributed by atoms with Gasteiger partial charge in [-0.3, -0.25) is 4.79 Å². The molecule has 0 saturated carbocycles. The Labute approximate surface area is 174 Å². The number of carbonyl (C=O) groups excluding carboxylic acids is 1. The minimum absolute atomic E-state index is 0.106. The third kappa shape index (κ3) is 6.97. The first kappa shape index (κ1) is 20.4. The fourth-order valence-corrected chi connectivity index (χ4v) is 2.62. The number of nitrogens with one attached hydrogen (secondary N) is 1. The van der Waals surface area contributed by atoms with E-state index < -0.39 is 0 Å². The van der Waals surface area contributed by atoms with Gasteiger partial charge in [-0.25, -0.2) is 5.43 Å². The van der Waals surface area contributed by atoms with E-state index in [1.54, 1.807) is 12.3 Å². The van der Waals surface area contributed by atoms with Crippen LogP contribution in [0, 0.1) is 6.92 Å². The molecule has 5 nitrogen and oxygen atoms in total. The van der Waals surface area contributed by atoms with Crippen molar-refractivity contribution in [3.8, 4) is 11.5 Å². The van der Waals surface area contributed by atoms with Crippen molar-refractivity contribution in [1.82, 2.24) is 5.43 Å². The van der Waals surface area contributed by atoms with Gasteiger partial charge < -0.3 is 9.47 Å². The lowest BCUT2D eigenvalue weighted by molar-refractivity contribution is -0.123. The molecule has 0 spiro atoms. The normalized spacial score (nSPS) is 10.7. The summed E-state index contributed by atoms with van der Waals surface area (Å²) >= 11 is 5.88.